The second-order valence-corrected chi connectivity index (χ2v) is 5.77. The van der Waals surface area contributed by atoms with Gasteiger partial charge in [-0.1, -0.05) is 6.92 Å². The Balaban J connectivity index is 1.68. The zero-order valence-corrected chi connectivity index (χ0v) is 13.3. The summed E-state index contributed by atoms with van der Waals surface area (Å²) in [6.07, 6.45) is 1.40. The van der Waals surface area contributed by atoms with Crippen LogP contribution in [0.15, 0.2) is 24.3 Å². The minimum absolute atomic E-state index is 0.0211. The topological polar surface area (TPSA) is 62.2 Å². The fraction of sp³-hybridized carbons (Fsp3) is 0.647. The molecule has 0 aliphatic carbocycles. The molecule has 22 heavy (non-hydrogen) atoms. The quantitative estimate of drug-likeness (QED) is 0.762. The lowest BCUT2D eigenvalue weighted by Gasteiger charge is -2.34. The van der Waals surface area contributed by atoms with E-state index >= 15 is 0 Å². The van der Waals surface area contributed by atoms with Gasteiger partial charge in [0.05, 0.1) is 12.7 Å². The van der Waals surface area contributed by atoms with Gasteiger partial charge in [-0.05, 0) is 43.7 Å². The molecule has 1 heterocycles. The second-order valence-electron chi connectivity index (χ2n) is 5.77. The van der Waals surface area contributed by atoms with Crippen LogP contribution in [0.3, 0.4) is 0 Å². The first-order chi connectivity index (χ1) is 10.7. The highest BCUT2D eigenvalue weighted by Gasteiger charge is 2.26. The number of piperidine rings is 1. The smallest absolute Gasteiger partial charge is 0.119 e. The van der Waals surface area contributed by atoms with E-state index in [1.165, 1.54) is 0 Å². The standard InChI is InChI=1S/C17H27NO4/c1-2-10-21-15-3-5-16(6-4-15)22-11-9-18-8-7-14(13-19)17(20)12-18/h3-6,14,17,19-20H,2,7-13H2,1H3/t14-,17-/m1/s1. The van der Waals surface area contributed by atoms with Crippen LogP contribution < -0.4 is 9.47 Å². The van der Waals surface area contributed by atoms with Crippen molar-refractivity contribution in [3.63, 3.8) is 0 Å². The molecule has 2 rings (SSSR count). The van der Waals surface area contributed by atoms with Crippen LogP contribution >= 0.6 is 0 Å². The predicted molar refractivity (Wildman–Crippen MR) is 85.4 cm³/mol. The molecule has 2 atom stereocenters. The normalized spacial score (nSPS) is 22.5. The molecule has 5 heteroatoms. The van der Waals surface area contributed by atoms with Crippen molar-refractivity contribution in [1.29, 1.82) is 0 Å². The lowest BCUT2D eigenvalue weighted by atomic mass is 9.95. The average Bonchev–Trinajstić information content (AvgIpc) is 2.54. The first-order valence-corrected chi connectivity index (χ1v) is 8.10. The number of benzene rings is 1. The minimum atomic E-state index is -0.436. The van der Waals surface area contributed by atoms with Crippen molar-refractivity contribution >= 4 is 0 Å². The van der Waals surface area contributed by atoms with Crippen LogP contribution in [0.5, 0.6) is 11.5 Å². The molecule has 0 radical (unpaired) electrons. The van der Waals surface area contributed by atoms with Gasteiger partial charge in [0.2, 0.25) is 0 Å². The molecule has 0 amide bonds. The Labute approximate surface area is 132 Å². The molecule has 0 saturated carbocycles. The number of nitrogens with zero attached hydrogens (tertiary/aromatic N) is 1. The van der Waals surface area contributed by atoms with E-state index in [4.69, 9.17) is 14.6 Å². The molecule has 0 aromatic heterocycles. The van der Waals surface area contributed by atoms with Gasteiger partial charge >= 0.3 is 0 Å². The molecule has 124 valence electrons. The average molecular weight is 309 g/mol. The van der Waals surface area contributed by atoms with Crippen LogP contribution in [0.4, 0.5) is 0 Å². The molecule has 5 nitrogen and oxygen atoms in total. The number of ether oxygens (including phenoxy) is 2. The second kappa shape index (κ2) is 8.98. The number of β-amino-alcohol motifs (C(OH)–C–C–N with tert-alkyl or cyclic N) is 1. The van der Waals surface area contributed by atoms with E-state index in [1.54, 1.807) is 0 Å². The van der Waals surface area contributed by atoms with E-state index in [9.17, 15) is 5.11 Å². The van der Waals surface area contributed by atoms with E-state index in [0.29, 0.717) is 13.2 Å². The van der Waals surface area contributed by atoms with Crippen LogP contribution in [-0.4, -0.2) is 60.7 Å². The molecule has 0 bridgehead atoms. The van der Waals surface area contributed by atoms with Gasteiger partial charge in [-0.15, -0.1) is 0 Å². The molecule has 2 N–H and O–H groups in total. The zero-order chi connectivity index (χ0) is 15.8. The Hall–Kier alpha value is -1.30. The Morgan fingerprint density at radius 2 is 1.77 bits per heavy atom. The Kier molecular flexibility index (Phi) is 6.96. The van der Waals surface area contributed by atoms with Crippen molar-refractivity contribution in [2.24, 2.45) is 5.92 Å². The number of likely N-dealkylation sites (tertiary alicyclic amines) is 1. The molecule has 1 aliphatic heterocycles. The third-order valence-electron chi connectivity index (χ3n) is 4.01. The van der Waals surface area contributed by atoms with Gasteiger partial charge in [0, 0.05) is 25.6 Å². The maximum atomic E-state index is 9.90. The molecule has 1 aromatic rings. The van der Waals surface area contributed by atoms with Gasteiger partial charge in [0.25, 0.3) is 0 Å². The summed E-state index contributed by atoms with van der Waals surface area (Å²) in [6, 6.07) is 7.67. The molecule has 1 fully saturated rings. The molecule has 1 aromatic carbocycles. The van der Waals surface area contributed by atoms with Gasteiger partial charge in [-0.25, -0.2) is 0 Å². The van der Waals surface area contributed by atoms with Crippen molar-refractivity contribution in [1.82, 2.24) is 4.90 Å². The number of hydrogen-bond acceptors (Lipinski definition) is 5. The highest BCUT2D eigenvalue weighted by molar-refractivity contribution is 5.31. The van der Waals surface area contributed by atoms with Gasteiger partial charge in [0.1, 0.15) is 18.1 Å². The summed E-state index contributed by atoms with van der Waals surface area (Å²) in [5.74, 6) is 1.71. The fourth-order valence-electron chi connectivity index (χ4n) is 2.61. The maximum absolute atomic E-state index is 9.90. The Morgan fingerprint density at radius 1 is 1.14 bits per heavy atom. The largest absolute Gasteiger partial charge is 0.494 e. The summed E-state index contributed by atoms with van der Waals surface area (Å²) >= 11 is 0. The van der Waals surface area contributed by atoms with Crippen LogP contribution in [0.25, 0.3) is 0 Å². The highest BCUT2D eigenvalue weighted by Crippen LogP contribution is 2.19. The third-order valence-corrected chi connectivity index (χ3v) is 4.01. The van der Waals surface area contributed by atoms with Gasteiger partial charge in [-0.2, -0.15) is 0 Å². The summed E-state index contributed by atoms with van der Waals surface area (Å²) in [6.45, 7) is 5.75. The number of aliphatic hydroxyl groups is 2. The lowest BCUT2D eigenvalue weighted by molar-refractivity contribution is -0.00493. The van der Waals surface area contributed by atoms with Crippen molar-refractivity contribution in [2.75, 3.05) is 39.5 Å². The van der Waals surface area contributed by atoms with Gasteiger partial charge < -0.3 is 19.7 Å². The van der Waals surface area contributed by atoms with Crippen molar-refractivity contribution in [3.05, 3.63) is 24.3 Å². The fourth-order valence-corrected chi connectivity index (χ4v) is 2.61. The van der Waals surface area contributed by atoms with Gasteiger partial charge in [0.15, 0.2) is 0 Å². The van der Waals surface area contributed by atoms with E-state index in [-0.39, 0.29) is 12.5 Å². The molecule has 1 saturated heterocycles. The molecular formula is C17H27NO4. The first-order valence-electron chi connectivity index (χ1n) is 8.10. The van der Waals surface area contributed by atoms with Crippen LogP contribution in [-0.2, 0) is 0 Å². The zero-order valence-electron chi connectivity index (χ0n) is 13.3. The van der Waals surface area contributed by atoms with E-state index in [1.807, 2.05) is 24.3 Å². The van der Waals surface area contributed by atoms with Crippen LogP contribution in [0.2, 0.25) is 0 Å². The third kappa shape index (κ3) is 5.16. The van der Waals surface area contributed by atoms with Crippen molar-refractivity contribution in [2.45, 2.75) is 25.9 Å². The summed E-state index contributed by atoms with van der Waals surface area (Å²) in [7, 11) is 0. The van der Waals surface area contributed by atoms with Crippen LogP contribution in [0, 0.1) is 5.92 Å². The van der Waals surface area contributed by atoms with E-state index in [0.717, 1.165) is 44.0 Å². The van der Waals surface area contributed by atoms with Gasteiger partial charge in [-0.3, -0.25) is 4.90 Å². The van der Waals surface area contributed by atoms with E-state index < -0.39 is 6.10 Å². The van der Waals surface area contributed by atoms with E-state index in [2.05, 4.69) is 11.8 Å². The molecule has 0 unspecified atom stereocenters. The Morgan fingerprint density at radius 3 is 2.32 bits per heavy atom. The minimum Gasteiger partial charge on any atom is -0.494 e. The summed E-state index contributed by atoms with van der Waals surface area (Å²) in [5, 5.41) is 19.0. The lowest BCUT2D eigenvalue weighted by Crippen LogP contribution is -2.46. The monoisotopic (exact) mass is 309 g/mol. The summed E-state index contributed by atoms with van der Waals surface area (Å²) in [5.41, 5.74) is 0. The highest BCUT2D eigenvalue weighted by atomic mass is 16.5. The molecule has 0 spiro atoms. The van der Waals surface area contributed by atoms with Crippen LogP contribution in [0.1, 0.15) is 19.8 Å². The predicted octanol–water partition coefficient (Wildman–Crippen LogP) is 1.53. The summed E-state index contributed by atoms with van der Waals surface area (Å²) < 4.78 is 11.3. The number of aliphatic hydroxyl groups excluding tert-OH is 2. The SMILES string of the molecule is CCCOc1ccc(OCCN2CC[C@H](CO)[C@H](O)C2)cc1. The number of rotatable bonds is 8. The first kappa shape index (κ1) is 17.1. The maximum Gasteiger partial charge on any atom is 0.119 e. The molecular weight excluding hydrogens is 282 g/mol. The Bertz CT molecular complexity index is 423. The molecule has 1 aliphatic rings. The summed E-state index contributed by atoms with van der Waals surface area (Å²) in [4.78, 5) is 2.18. The van der Waals surface area contributed by atoms with Crippen molar-refractivity contribution in [3.8, 4) is 11.5 Å². The number of hydrogen-bond donors (Lipinski definition) is 2. The van der Waals surface area contributed by atoms with Crippen molar-refractivity contribution < 1.29 is 19.7 Å².